The zero-order valence-electron chi connectivity index (χ0n) is 8.30. The van der Waals surface area contributed by atoms with Crippen LogP contribution in [-0.2, 0) is 9.53 Å². The van der Waals surface area contributed by atoms with Crippen molar-refractivity contribution in [3.8, 4) is 0 Å². The van der Waals surface area contributed by atoms with E-state index in [-0.39, 0.29) is 5.78 Å². The summed E-state index contributed by atoms with van der Waals surface area (Å²) in [6, 6.07) is 0. The van der Waals surface area contributed by atoms with Crippen molar-refractivity contribution in [3.63, 3.8) is 0 Å². The lowest BCUT2D eigenvalue weighted by Crippen LogP contribution is -2.05. The molecule has 13 heavy (non-hydrogen) atoms. The van der Waals surface area contributed by atoms with E-state index in [1.807, 2.05) is 19.9 Å². The predicted octanol–water partition coefficient (Wildman–Crippen LogP) is 2.61. The number of ether oxygens (including phenoxy) is 1. The van der Waals surface area contributed by atoms with Gasteiger partial charge in [0.25, 0.3) is 0 Å². The Kier molecular flexibility index (Phi) is 3.74. The van der Waals surface area contributed by atoms with Gasteiger partial charge in [-0.1, -0.05) is 5.57 Å². The Balaban J connectivity index is 2.36. The Morgan fingerprint density at radius 2 is 2.31 bits per heavy atom. The summed E-state index contributed by atoms with van der Waals surface area (Å²) >= 11 is 0. The highest BCUT2D eigenvalue weighted by atomic mass is 16.5. The molecule has 2 heteroatoms. The molecule has 1 aliphatic rings. The van der Waals surface area contributed by atoms with E-state index in [0.29, 0.717) is 13.0 Å². The highest BCUT2D eigenvalue weighted by molar-refractivity contribution is 5.90. The first-order valence-electron chi connectivity index (χ1n) is 4.68. The van der Waals surface area contributed by atoms with Gasteiger partial charge in [-0.25, -0.2) is 0 Å². The summed E-state index contributed by atoms with van der Waals surface area (Å²) < 4.78 is 5.43. The van der Waals surface area contributed by atoms with E-state index in [2.05, 4.69) is 0 Å². The van der Waals surface area contributed by atoms with E-state index in [1.165, 1.54) is 5.57 Å². The van der Waals surface area contributed by atoms with Gasteiger partial charge in [-0.05, 0) is 26.3 Å². The first kappa shape index (κ1) is 10.0. The highest BCUT2D eigenvalue weighted by Crippen LogP contribution is 2.15. The summed E-state index contributed by atoms with van der Waals surface area (Å²) in [5, 5.41) is 0. The minimum absolute atomic E-state index is 0.193. The van der Waals surface area contributed by atoms with Crippen molar-refractivity contribution in [1.29, 1.82) is 0 Å². The van der Waals surface area contributed by atoms with Crippen LogP contribution in [0.3, 0.4) is 0 Å². The fraction of sp³-hybridized carbons (Fsp3) is 0.545. The molecule has 0 radical (unpaired) electrons. The summed E-state index contributed by atoms with van der Waals surface area (Å²) in [5.41, 5.74) is 1.24. The van der Waals surface area contributed by atoms with Gasteiger partial charge in [-0.15, -0.1) is 0 Å². The molecule has 0 N–H and O–H groups in total. The summed E-state index contributed by atoms with van der Waals surface area (Å²) in [7, 11) is 0. The molecular weight excluding hydrogens is 164 g/mol. The average molecular weight is 180 g/mol. The van der Waals surface area contributed by atoms with Crippen LogP contribution in [-0.4, -0.2) is 12.4 Å². The molecule has 0 heterocycles. The third-order valence-corrected chi connectivity index (χ3v) is 1.93. The van der Waals surface area contributed by atoms with Crippen molar-refractivity contribution in [2.75, 3.05) is 6.61 Å². The van der Waals surface area contributed by atoms with Gasteiger partial charge in [0.2, 0.25) is 0 Å². The molecule has 0 aromatic rings. The topological polar surface area (TPSA) is 26.3 Å². The van der Waals surface area contributed by atoms with Crippen LogP contribution in [0, 0.1) is 0 Å². The van der Waals surface area contributed by atoms with Crippen molar-refractivity contribution >= 4 is 5.78 Å². The molecule has 0 fully saturated rings. The van der Waals surface area contributed by atoms with E-state index < -0.39 is 0 Å². The minimum Gasteiger partial charge on any atom is -0.494 e. The number of rotatable bonds is 3. The second-order valence-electron chi connectivity index (χ2n) is 3.52. The maximum Gasteiger partial charge on any atom is 0.159 e. The number of allylic oxidation sites excluding steroid dienone is 3. The van der Waals surface area contributed by atoms with Gasteiger partial charge in [0.05, 0.1) is 5.76 Å². The smallest absolute Gasteiger partial charge is 0.159 e. The van der Waals surface area contributed by atoms with Gasteiger partial charge in [0.15, 0.2) is 5.78 Å². The molecule has 2 nitrogen and oxygen atoms in total. The number of hydrogen-bond donors (Lipinski definition) is 0. The van der Waals surface area contributed by atoms with Gasteiger partial charge < -0.3 is 4.74 Å². The summed E-state index contributed by atoms with van der Waals surface area (Å²) in [5.74, 6) is 1.03. The Hall–Kier alpha value is -1.05. The lowest BCUT2D eigenvalue weighted by atomic mass is 10.1. The molecule has 0 aliphatic heterocycles. The van der Waals surface area contributed by atoms with Crippen LogP contribution < -0.4 is 0 Å². The van der Waals surface area contributed by atoms with E-state index in [0.717, 1.165) is 18.6 Å². The summed E-state index contributed by atoms with van der Waals surface area (Å²) in [6.07, 6.45) is 6.15. The molecule has 0 saturated heterocycles. The van der Waals surface area contributed by atoms with Gasteiger partial charge in [0.1, 0.15) is 6.61 Å². The molecule has 0 aromatic heterocycles. The largest absolute Gasteiger partial charge is 0.494 e. The van der Waals surface area contributed by atoms with Crippen LogP contribution in [0.15, 0.2) is 23.5 Å². The first-order chi connectivity index (χ1) is 6.18. The van der Waals surface area contributed by atoms with Gasteiger partial charge in [0, 0.05) is 18.9 Å². The van der Waals surface area contributed by atoms with Gasteiger partial charge in [-0.2, -0.15) is 0 Å². The lowest BCUT2D eigenvalue weighted by Gasteiger charge is -2.12. The monoisotopic (exact) mass is 180 g/mol. The quantitative estimate of drug-likeness (QED) is 0.624. The fourth-order valence-electron chi connectivity index (χ4n) is 1.19. The zero-order valence-corrected chi connectivity index (χ0v) is 8.30. The second-order valence-corrected chi connectivity index (χ2v) is 3.52. The van der Waals surface area contributed by atoms with E-state index in [1.54, 1.807) is 6.08 Å². The normalized spacial score (nSPS) is 16.5. The number of hydrogen-bond acceptors (Lipinski definition) is 2. The van der Waals surface area contributed by atoms with Crippen LogP contribution in [0.1, 0.15) is 33.1 Å². The van der Waals surface area contributed by atoms with E-state index >= 15 is 0 Å². The Morgan fingerprint density at radius 1 is 1.54 bits per heavy atom. The third kappa shape index (κ3) is 3.92. The summed E-state index contributed by atoms with van der Waals surface area (Å²) in [4.78, 5) is 11.0. The second kappa shape index (κ2) is 4.85. The Labute approximate surface area is 79.3 Å². The van der Waals surface area contributed by atoms with Crippen LogP contribution in [0.4, 0.5) is 0 Å². The highest BCUT2D eigenvalue weighted by Gasteiger charge is 2.09. The van der Waals surface area contributed by atoms with Crippen molar-refractivity contribution < 1.29 is 9.53 Å². The molecule has 1 rings (SSSR count). The van der Waals surface area contributed by atoms with Gasteiger partial charge in [-0.3, -0.25) is 4.79 Å². The zero-order chi connectivity index (χ0) is 9.68. The summed E-state index contributed by atoms with van der Waals surface area (Å²) in [6.45, 7) is 4.65. The van der Waals surface area contributed by atoms with Crippen LogP contribution in [0.5, 0.6) is 0 Å². The van der Waals surface area contributed by atoms with Crippen LogP contribution in [0.25, 0.3) is 0 Å². The van der Waals surface area contributed by atoms with E-state index in [4.69, 9.17) is 4.74 Å². The molecular formula is C11H16O2. The lowest BCUT2D eigenvalue weighted by molar-refractivity contribution is -0.115. The maximum atomic E-state index is 11.0. The van der Waals surface area contributed by atoms with Crippen LogP contribution >= 0.6 is 0 Å². The molecule has 0 saturated carbocycles. The molecule has 0 atom stereocenters. The predicted molar refractivity (Wildman–Crippen MR) is 52.3 cm³/mol. The first-order valence-corrected chi connectivity index (χ1v) is 4.68. The average Bonchev–Trinajstić information content (AvgIpc) is 2.03. The molecule has 1 aliphatic carbocycles. The van der Waals surface area contributed by atoms with Crippen molar-refractivity contribution in [2.45, 2.75) is 33.1 Å². The van der Waals surface area contributed by atoms with Crippen molar-refractivity contribution in [1.82, 2.24) is 0 Å². The molecule has 0 bridgehead atoms. The Bertz CT molecular complexity index is 245. The molecule has 0 unspecified atom stereocenters. The van der Waals surface area contributed by atoms with E-state index in [9.17, 15) is 4.79 Å². The molecule has 0 aromatic carbocycles. The number of carbonyl (C=O) groups is 1. The molecule has 0 amide bonds. The maximum absolute atomic E-state index is 11.0. The molecule has 72 valence electrons. The number of carbonyl (C=O) groups excluding carboxylic acids is 1. The standard InChI is InChI=1S/C11H16O2/c1-9(2)6-7-13-11-5-3-4-10(12)8-11/h6,8H,3-5,7H2,1-2H3. The number of ketones is 1. The molecule has 0 spiro atoms. The van der Waals surface area contributed by atoms with Crippen molar-refractivity contribution in [2.24, 2.45) is 0 Å². The van der Waals surface area contributed by atoms with Gasteiger partial charge >= 0.3 is 0 Å². The van der Waals surface area contributed by atoms with Crippen LogP contribution in [0.2, 0.25) is 0 Å². The SMILES string of the molecule is CC(C)=CCOC1=CC(=O)CCC1. The third-order valence-electron chi connectivity index (χ3n) is 1.93. The minimum atomic E-state index is 0.193. The fourth-order valence-corrected chi connectivity index (χ4v) is 1.19. The van der Waals surface area contributed by atoms with Crippen molar-refractivity contribution in [3.05, 3.63) is 23.5 Å². The Morgan fingerprint density at radius 3 is 2.92 bits per heavy atom.